The van der Waals surface area contributed by atoms with Gasteiger partial charge in [-0.2, -0.15) is 0 Å². The van der Waals surface area contributed by atoms with Crippen LogP contribution in [0, 0.1) is 23.7 Å². The van der Waals surface area contributed by atoms with Crippen molar-refractivity contribution in [3.63, 3.8) is 0 Å². The summed E-state index contributed by atoms with van der Waals surface area (Å²) in [5.74, 6) is 5.31. The first-order chi connectivity index (χ1) is 26.2. The van der Waals surface area contributed by atoms with Gasteiger partial charge in [0.05, 0.1) is 0 Å². The van der Waals surface area contributed by atoms with Crippen LogP contribution in [0.1, 0.15) is 43.2 Å². The highest BCUT2D eigenvalue weighted by atomic mass is 32.1. The highest BCUT2D eigenvalue weighted by molar-refractivity contribution is 7.26. The van der Waals surface area contributed by atoms with Crippen molar-refractivity contribution >= 4 is 31.5 Å². The zero-order valence-electron chi connectivity index (χ0n) is 29.4. The van der Waals surface area contributed by atoms with Gasteiger partial charge in [-0.1, -0.05) is 133 Å². The standard InChI is InChI=1S/C49H37N3S/c1-2-10-32(11-3-1)46-50-47(33-22-20-31(21-23-33)36-14-8-16-40-38-13-5-7-19-43(38)53-45(36)40)52-48(51-46)41-17-9-15-39-37-12-4-6-18-42(37)49(44(39)41)34-25-29-24-30(27-34)28-35(49)26-29/h1-23,29-30,34-35H,24-28H2. The molecule has 0 saturated heterocycles. The molecule has 4 bridgehead atoms. The van der Waals surface area contributed by atoms with Crippen molar-refractivity contribution in [3.8, 4) is 56.4 Å². The molecule has 0 amide bonds. The lowest BCUT2D eigenvalue weighted by Crippen LogP contribution is -2.55. The maximum Gasteiger partial charge on any atom is 0.164 e. The lowest BCUT2D eigenvalue weighted by atomic mass is 9.43. The van der Waals surface area contributed by atoms with Crippen molar-refractivity contribution in [2.45, 2.75) is 37.5 Å². The minimum Gasteiger partial charge on any atom is -0.208 e. The SMILES string of the molecule is c1ccc(-c2nc(-c3ccc(-c4cccc5c4sc4ccccc45)cc3)nc(-c3cccc4c3C3(c5ccccc5-4)C4CC5CC(C4)CC3C5)n2)cc1. The molecule has 8 aromatic rings. The summed E-state index contributed by atoms with van der Waals surface area (Å²) in [5, 5.41) is 2.64. The molecule has 5 aliphatic rings. The second-order valence-electron chi connectivity index (χ2n) is 16.0. The lowest BCUT2D eigenvalue weighted by Gasteiger charge is -2.61. The number of aromatic nitrogens is 3. The second kappa shape index (κ2) is 11.3. The van der Waals surface area contributed by atoms with Crippen molar-refractivity contribution in [2.24, 2.45) is 23.7 Å². The molecule has 4 heteroatoms. The molecule has 4 saturated carbocycles. The van der Waals surface area contributed by atoms with Crippen LogP contribution in [0.25, 0.3) is 76.6 Å². The summed E-state index contributed by atoms with van der Waals surface area (Å²) in [6, 6.07) is 50.9. The van der Waals surface area contributed by atoms with Crippen LogP contribution in [0.15, 0.2) is 140 Å². The van der Waals surface area contributed by atoms with Crippen LogP contribution in [0.4, 0.5) is 0 Å². The Labute approximate surface area is 313 Å². The zero-order valence-corrected chi connectivity index (χ0v) is 30.2. The third kappa shape index (κ3) is 4.30. The number of rotatable bonds is 4. The summed E-state index contributed by atoms with van der Waals surface area (Å²) < 4.78 is 2.65. The average Bonchev–Trinajstić information content (AvgIpc) is 3.74. The third-order valence-corrected chi connectivity index (χ3v) is 14.6. The van der Waals surface area contributed by atoms with E-state index in [0.29, 0.717) is 17.7 Å². The monoisotopic (exact) mass is 699 g/mol. The minimum atomic E-state index is 0.0188. The van der Waals surface area contributed by atoms with E-state index in [9.17, 15) is 0 Å². The fraction of sp³-hybridized carbons (Fsp3) is 0.204. The first-order valence-electron chi connectivity index (χ1n) is 19.3. The number of nitrogens with zero attached hydrogens (tertiary/aromatic N) is 3. The van der Waals surface area contributed by atoms with Gasteiger partial charge in [-0.3, -0.25) is 0 Å². The van der Waals surface area contributed by atoms with E-state index in [1.165, 1.54) is 85.7 Å². The van der Waals surface area contributed by atoms with E-state index >= 15 is 0 Å². The van der Waals surface area contributed by atoms with Crippen molar-refractivity contribution in [3.05, 3.63) is 151 Å². The van der Waals surface area contributed by atoms with E-state index < -0.39 is 0 Å². The van der Waals surface area contributed by atoms with Gasteiger partial charge in [0.25, 0.3) is 0 Å². The van der Waals surface area contributed by atoms with Gasteiger partial charge in [-0.25, -0.2) is 15.0 Å². The topological polar surface area (TPSA) is 38.7 Å². The molecular formula is C49H37N3S. The average molecular weight is 700 g/mol. The van der Waals surface area contributed by atoms with Gasteiger partial charge in [0.2, 0.25) is 0 Å². The van der Waals surface area contributed by atoms with Gasteiger partial charge in [0.1, 0.15) is 0 Å². The fourth-order valence-electron chi connectivity index (χ4n) is 11.5. The molecule has 2 aromatic heterocycles. The molecule has 1 spiro atoms. The summed E-state index contributed by atoms with van der Waals surface area (Å²) in [5.41, 5.74) is 11.5. The molecule has 0 unspecified atom stereocenters. The number of fused-ring (bicyclic) bond motifs is 6. The first kappa shape index (κ1) is 30.1. The first-order valence-corrected chi connectivity index (χ1v) is 20.1. The molecule has 254 valence electrons. The van der Waals surface area contributed by atoms with Crippen LogP contribution in [-0.4, -0.2) is 15.0 Å². The van der Waals surface area contributed by atoms with E-state index in [1.54, 1.807) is 5.56 Å². The molecule has 0 aliphatic heterocycles. The van der Waals surface area contributed by atoms with E-state index in [1.807, 2.05) is 11.3 Å². The van der Waals surface area contributed by atoms with Crippen molar-refractivity contribution < 1.29 is 0 Å². The van der Waals surface area contributed by atoms with Gasteiger partial charge in [-0.05, 0) is 95.2 Å². The molecule has 5 aliphatic carbocycles. The highest BCUT2D eigenvalue weighted by Gasteiger charge is 2.62. The molecule has 0 radical (unpaired) electrons. The Kier molecular flexibility index (Phi) is 6.39. The number of benzene rings is 6. The van der Waals surface area contributed by atoms with Crippen LogP contribution >= 0.6 is 11.3 Å². The third-order valence-electron chi connectivity index (χ3n) is 13.3. The quantitative estimate of drug-likeness (QED) is 0.184. The normalized spacial score (nSPS) is 23.5. The summed E-state index contributed by atoms with van der Waals surface area (Å²) in [6.07, 6.45) is 6.81. The van der Waals surface area contributed by atoms with Crippen LogP contribution in [-0.2, 0) is 5.41 Å². The summed E-state index contributed by atoms with van der Waals surface area (Å²) in [4.78, 5) is 15.9. The number of hydrogen-bond donors (Lipinski definition) is 0. The molecule has 0 N–H and O–H groups in total. The fourth-order valence-corrected chi connectivity index (χ4v) is 12.8. The Morgan fingerprint density at radius 2 is 1.00 bits per heavy atom. The minimum absolute atomic E-state index is 0.0188. The smallest absolute Gasteiger partial charge is 0.164 e. The van der Waals surface area contributed by atoms with Gasteiger partial charge in [0, 0.05) is 42.3 Å². The maximum atomic E-state index is 5.40. The van der Waals surface area contributed by atoms with Crippen LogP contribution in [0.3, 0.4) is 0 Å². The molecule has 2 heterocycles. The Bertz CT molecular complexity index is 2720. The van der Waals surface area contributed by atoms with E-state index in [0.717, 1.165) is 34.6 Å². The van der Waals surface area contributed by atoms with Crippen LogP contribution in [0.5, 0.6) is 0 Å². The molecule has 6 aromatic carbocycles. The van der Waals surface area contributed by atoms with Gasteiger partial charge in [-0.15, -0.1) is 11.3 Å². The van der Waals surface area contributed by atoms with E-state index in [4.69, 9.17) is 15.0 Å². The van der Waals surface area contributed by atoms with Gasteiger partial charge < -0.3 is 0 Å². The number of hydrogen-bond acceptors (Lipinski definition) is 4. The summed E-state index contributed by atoms with van der Waals surface area (Å²) in [6.45, 7) is 0. The predicted molar refractivity (Wildman–Crippen MR) is 218 cm³/mol. The lowest BCUT2D eigenvalue weighted by molar-refractivity contribution is -0.0397. The van der Waals surface area contributed by atoms with Crippen molar-refractivity contribution in [1.29, 1.82) is 0 Å². The highest BCUT2D eigenvalue weighted by Crippen LogP contribution is 2.70. The zero-order chi connectivity index (χ0) is 34.7. The van der Waals surface area contributed by atoms with E-state index in [2.05, 4.69) is 140 Å². The molecule has 13 rings (SSSR count). The van der Waals surface area contributed by atoms with Crippen molar-refractivity contribution in [1.82, 2.24) is 15.0 Å². The Morgan fingerprint density at radius 1 is 0.434 bits per heavy atom. The Hall–Kier alpha value is -5.45. The van der Waals surface area contributed by atoms with Crippen LogP contribution in [0.2, 0.25) is 0 Å². The number of thiophene rings is 1. The summed E-state index contributed by atoms with van der Waals surface area (Å²) >= 11 is 1.87. The molecular weight excluding hydrogens is 663 g/mol. The van der Waals surface area contributed by atoms with Crippen LogP contribution < -0.4 is 0 Å². The Balaban J connectivity index is 1.03. The van der Waals surface area contributed by atoms with Gasteiger partial charge in [0.15, 0.2) is 17.5 Å². The summed E-state index contributed by atoms with van der Waals surface area (Å²) in [7, 11) is 0. The molecule has 53 heavy (non-hydrogen) atoms. The predicted octanol–water partition coefficient (Wildman–Crippen LogP) is 12.6. The second-order valence-corrected chi connectivity index (χ2v) is 17.0. The van der Waals surface area contributed by atoms with Gasteiger partial charge >= 0.3 is 0 Å². The maximum absolute atomic E-state index is 5.40. The van der Waals surface area contributed by atoms with Crippen molar-refractivity contribution in [2.75, 3.05) is 0 Å². The van der Waals surface area contributed by atoms with E-state index in [-0.39, 0.29) is 5.41 Å². The molecule has 0 atom stereocenters. The molecule has 3 nitrogen and oxygen atoms in total. The molecule has 4 fully saturated rings. The Morgan fingerprint density at radius 3 is 1.79 bits per heavy atom. The largest absolute Gasteiger partial charge is 0.208 e.